The lowest BCUT2D eigenvalue weighted by atomic mass is 10.2. The Balaban J connectivity index is 1.61. The van der Waals surface area contributed by atoms with Crippen LogP contribution in [-0.2, 0) is 9.59 Å². The number of hydrogen-bond donors (Lipinski definition) is 2. The topological polar surface area (TPSA) is 69.6 Å². The van der Waals surface area contributed by atoms with Gasteiger partial charge in [-0.2, -0.15) is 0 Å². The number of benzene rings is 2. The molecule has 0 bridgehead atoms. The van der Waals surface area contributed by atoms with Crippen LogP contribution in [0.25, 0.3) is 6.08 Å². The van der Waals surface area contributed by atoms with E-state index in [1.807, 2.05) is 12.1 Å². The number of halogens is 1. The third-order valence-electron chi connectivity index (χ3n) is 3.78. The van der Waals surface area contributed by atoms with Gasteiger partial charge in [-0.3, -0.25) is 14.5 Å². The van der Waals surface area contributed by atoms with Crippen LogP contribution in [-0.4, -0.2) is 32.7 Å². The molecule has 3 rings (SSSR count). The van der Waals surface area contributed by atoms with Gasteiger partial charge < -0.3 is 10.4 Å². The highest BCUT2D eigenvalue weighted by molar-refractivity contribution is 8.26. The summed E-state index contributed by atoms with van der Waals surface area (Å²) in [6.07, 6.45) is 1.81. The Morgan fingerprint density at radius 2 is 1.93 bits per heavy atom. The molecule has 1 aliphatic heterocycles. The van der Waals surface area contributed by atoms with Crippen LogP contribution in [0.2, 0.25) is 5.02 Å². The van der Waals surface area contributed by atoms with Crippen molar-refractivity contribution in [3.63, 3.8) is 0 Å². The lowest BCUT2D eigenvalue weighted by Gasteiger charge is -2.14. The van der Waals surface area contributed by atoms with Gasteiger partial charge in [0.1, 0.15) is 10.1 Å². The number of thiocarbonyl (C=S) groups is 1. The number of nitrogens with zero attached hydrogens (tertiary/aromatic N) is 1. The Morgan fingerprint density at radius 1 is 1.22 bits per heavy atom. The molecule has 1 saturated heterocycles. The third kappa shape index (κ3) is 4.88. The molecule has 138 valence electrons. The molecular weight excluding hydrogens is 404 g/mol. The summed E-state index contributed by atoms with van der Waals surface area (Å²) in [6.45, 7) is 0.169. The van der Waals surface area contributed by atoms with Crippen molar-refractivity contribution < 1.29 is 14.7 Å². The van der Waals surface area contributed by atoms with E-state index in [2.05, 4.69) is 5.32 Å². The molecule has 2 N–H and O–H groups in total. The maximum Gasteiger partial charge on any atom is 0.266 e. The fraction of sp³-hybridized carbons (Fsp3) is 0.105. The summed E-state index contributed by atoms with van der Waals surface area (Å²) < 4.78 is 0.413. The molecule has 0 aliphatic carbocycles. The van der Waals surface area contributed by atoms with E-state index in [1.165, 1.54) is 22.7 Å². The molecule has 2 aromatic carbocycles. The molecule has 0 unspecified atom stereocenters. The Morgan fingerprint density at radius 3 is 2.63 bits per heavy atom. The van der Waals surface area contributed by atoms with E-state index in [0.29, 0.717) is 19.9 Å². The number of hydrogen-bond acceptors (Lipinski definition) is 5. The quantitative estimate of drug-likeness (QED) is 0.431. The number of phenols is 1. The maximum atomic E-state index is 12.6. The van der Waals surface area contributed by atoms with Crippen LogP contribution >= 0.6 is 35.6 Å². The first-order chi connectivity index (χ1) is 12.9. The van der Waals surface area contributed by atoms with Gasteiger partial charge in [-0.15, -0.1) is 0 Å². The van der Waals surface area contributed by atoms with E-state index >= 15 is 0 Å². The molecule has 0 saturated carbocycles. The van der Waals surface area contributed by atoms with Crippen molar-refractivity contribution in [3.05, 3.63) is 64.0 Å². The summed E-state index contributed by atoms with van der Waals surface area (Å²) in [6, 6.07) is 13.6. The van der Waals surface area contributed by atoms with Crippen molar-refractivity contribution >= 4 is 63.5 Å². The minimum absolute atomic E-state index is 0.0117. The highest BCUT2D eigenvalue weighted by Crippen LogP contribution is 2.32. The molecular formula is C19H15ClN2O3S2. The second-order valence-electron chi connectivity index (χ2n) is 5.70. The highest BCUT2D eigenvalue weighted by atomic mass is 35.5. The van der Waals surface area contributed by atoms with E-state index in [9.17, 15) is 14.7 Å². The summed E-state index contributed by atoms with van der Waals surface area (Å²) in [5, 5.41) is 12.9. The number of nitrogens with one attached hydrogen (secondary N) is 1. The largest absolute Gasteiger partial charge is 0.506 e. The number of aromatic hydroxyl groups is 1. The maximum absolute atomic E-state index is 12.6. The first-order valence-corrected chi connectivity index (χ1v) is 9.63. The third-order valence-corrected chi connectivity index (χ3v) is 5.41. The SMILES string of the molecule is O=C(CCN1C(=O)/C(=C/c2ccc(Cl)cc2)SC1=S)Nc1ccccc1O. The number of thioether (sulfide) groups is 1. The van der Waals surface area contributed by atoms with Gasteiger partial charge in [0, 0.05) is 18.0 Å². The van der Waals surface area contributed by atoms with Gasteiger partial charge in [-0.1, -0.05) is 59.8 Å². The van der Waals surface area contributed by atoms with Gasteiger partial charge in [0.2, 0.25) is 5.91 Å². The van der Waals surface area contributed by atoms with Crippen LogP contribution in [0, 0.1) is 0 Å². The highest BCUT2D eigenvalue weighted by Gasteiger charge is 2.32. The molecule has 0 spiro atoms. The zero-order valence-electron chi connectivity index (χ0n) is 14.0. The Bertz CT molecular complexity index is 929. The zero-order chi connectivity index (χ0) is 19.4. The van der Waals surface area contributed by atoms with Gasteiger partial charge >= 0.3 is 0 Å². The minimum atomic E-state index is -0.313. The van der Waals surface area contributed by atoms with Crippen molar-refractivity contribution in [2.24, 2.45) is 0 Å². The number of amides is 2. The molecule has 1 fully saturated rings. The van der Waals surface area contributed by atoms with Crippen LogP contribution in [0.4, 0.5) is 5.69 Å². The smallest absolute Gasteiger partial charge is 0.266 e. The fourth-order valence-electron chi connectivity index (χ4n) is 2.41. The number of para-hydroxylation sites is 2. The molecule has 1 aliphatic rings. The van der Waals surface area contributed by atoms with E-state index in [0.717, 1.165) is 5.56 Å². The van der Waals surface area contributed by atoms with Crippen molar-refractivity contribution in [2.75, 3.05) is 11.9 Å². The minimum Gasteiger partial charge on any atom is -0.506 e. The second kappa shape index (κ2) is 8.56. The zero-order valence-corrected chi connectivity index (χ0v) is 16.4. The second-order valence-corrected chi connectivity index (χ2v) is 7.81. The van der Waals surface area contributed by atoms with Crippen LogP contribution in [0.1, 0.15) is 12.0 Å². The summed E-state index contributed by atoms with van der Waals surface area (Å²) in [5.74, 6) is -0.551. The summed E-state index contributed by atoms with van der Waals surface area (Å²) in [5.41, 5.74) is 1.17. The van der Waals surface area contributed by atoms with E-state index in [-0.39, 0.29) is 30.5 Å². The monoisotopic (exact) mass is 418 g/mol. The van der Waals surface area contributed by atoms with E-state index in [4.69, 9.17) is 23.8 Å². The molecule has 8 heteroatoms. The van der Waals surface area contributed by atoms with Gasteiger partial charge in [0.25, 0.3) is 5.91 Å². The average molecular weight is 419 g/mol. The number of carbonyl (C=O) groups is 2. The van der Waals surface area contributed by atoms with Crippen molar-refractivity contribution in [2.45, 2.75) is 6.42 Å². The van der Waals surface area contributed by atoms with E-state index < -0.39 is 0 Å². The van der Waals surface area contributed by atoms with Crippen LogP contribution in [0.5, 0.6) is 5.75 Å². The lowest BCUT2D eigenvalue weighted by molar-refractivity contribution is -0.122. The fourth-order valence-corrected chi connectivity index (χ4v) is 3.84. The molecule has 1 heterocycles. The van der Waals surface area contributed by atoms with Crippen LogP contribution in [0.3, 0.4) is 0 Å². The molecule has 5 nitrogen and oxygen atoms in total. The molecule has 0 atom stereocenters. The predicted octanol–water partition coefficient (Wildman–Crippen LogP) is 4.28. The number of rotatable bonds is 5. The molecule has 0 aromatic heterocycles. The molecule has 2 amide bonds. The number of carbonyl (C=O) groups excluding carboxylic acids is 2. The molecule has 27 heavy (non-hydrogen) atoms. The number of anilines is 1. The Labute approximate surface area is 171 Å². The summed E-state index contributed by atoms with van der Waals surface area (Å²) >= 11 is 12.3. The van der Waals surface area contributed by atoms with Crippen molar-refractivity contribution in [1.29, 1.82) is 0 Å². The Hall–Kier alpha value is -2.35. The normalized spacial score (nSPS) is 15.4. The standard InChI is InChI=1S/C19H15ClN2O3S2/c20-13-7-5-12(6-8-13)11-16-18(25)22(19(26)27-16)10-9-17(24)21-14-3-1-2-4-15(14)23/h1-8,11,23H,9-10H2,(H,21,24)/b16-11-. The molecule has 2 aromatic rings. The predicted molar refractivity (Wildman–Crippen MR) is 113 cm³/mol. The van der Waals surface area contributed by atoms with Gasteiger partial charge in [0.15, 0.2) is 0 Å². The average Bonchev–Trinajstić information content (AvgIpc) is 2.90. The first-order valence-electron chi connectivity index (χ1n) is 8.03. The molecule has 0 radical (unpaired) electrons. The van der Waals surface area contributed by atoms with E-state index in [1.54, 1.807) is 36.4 Å². The van der Waals surface area contributed by atoms with Crippen molar-refractivity contribution in [1.82, 2.24) is 4.90 Å². The summed E-state index contributed by atoms with van der Waals surface area (Å²) in [4.78, 5) is 26.6. The van der Waals surface area contributed by atoms with Crippen LogP contribution < -0.4 is 5.32 Å². The van der Waals surface area contributed by atoms with Gasteiger partial charge in [0.05, 0.1) is 10.6 Å². The lowest BCUT2D eigenvalue weighted by Crippen LogP contribution is -2.31. The number of phenolic OH excluding ortho intramolecular Hbond substituents is 1. The van der Waals surface area contributed by atoms with Gasteiger partial charge in [-0.25, -0.2) is 0 Å². The first kappa shape index (κ1) is 19.4. The van der Waals surface area contributed by atoms with Gasteiger partial charge in [-0.05, 0) is 35.9 Å². The Kier molecular flexibility index (Phi) is 6.15. The summed E-state index contributed by atoms with van der Waals surface area (Å²) in [7, 11) is 0. The van der Waals surface area contributed by atoms with Crippen molar-refractivity contribution in [3.8, 4) is 5.75 Å². The van der Waals surface area contributed by atoms with Crippen LogP contribution in [0.15, 0.2) is 53.4 Å².